The minimum absolute atomic E-state index is 0.381. The third-order valence-electron chi connectivity index (χ3n) is 6.38. The average Bonchev–Trinajstić information content (AvgIpc) is 3.23. The monoisotopic (exact) mass is 351 g/mol. The molecule has 6 nitrogen and oxygen atoms in total. The Hall–Kier alpha value is -0.850. The first-order valence-electron chi connectivity index (χ1n) is 9.99. The van der Waals surface area contributed by atoms with Gasteiger partial charge >= 0.3 is 0 Å². The molecule has 2 atom stereocenters. The van der Waals surface area contributed by atoms with Crippen LogP contribution in [0.2, 0.25) is 0 Å². The van der Waals surface area contributed by atoms with E-state index in [1.165, 1.54) is 39.0 Å². The second-order valence-corrected chi connectivity index (χ2v) is 8.55. The van der Waals surface area contributed by atoms with Crippen molar-refractivity contribution < 1.29 is 4.74 Å². The van der Waals surface area contributed by atoms with Crippen molar-refractivity contribution in [1.29, 1.82) is 0 Å². The third kappa shape index (κ3) is 4.47. The molecule has 6 heteroatoms. The van der Waals surface area contributed by atoms with E-state index in [-0.39, 0.29) is 0 Å². The summed E-state index contributed by atoms with van der Waals surface area (Å²) in [6, 6.07) is 0.567. The number of piperazine rings is 1. The Kier molecular flexibility index (Phi) is 6.23. The minimum atomic E-state index is 0.381. The van der Waals surface area contributed by atoms with Gasteiger partial charge in [-0.05, 0) is 25.8 Å². The fourth-order valence-electron chi connectivity index (χ4n) is 4.56. The largest absolute Gasteiger partial charge is 0.381 e. The number of likely N-dealkylation sites (tertiary alicyclic amines) is 1. The summed E-state index contributed by atoms with van der Waals surface area (Å²) in [7, 11) is 4.14. The fourth-order valence-corrected chi connectivity index (χ4v) is 4.56. The predicted octanol–water partition coefficient (Wildman–Crippen LogP) is 0.946. The molecule has 3 fully saturated rings. The van der Waals surface area contributed by atoms with E-state index in [0.717, 1.165) is 38.8 Å². The molecule has 1 spiro atoms. The number of nitrogens with one attached hydrogen (secondary N) is 1. The molecule has 0 aromatic rings. The second-order valence-electron chi connectivity index (χ2n) is 8.55. The molecule has 0 radical (unpaired) electrons. The summed E-state index contributed by atoms with van der Waals surface area (Å²) in [6.45, 7) is 14.4. The van der Waals surface area contributed by atoms with Gasteiger partial charge in [0, 0.05) is 70.9 Å². The van der Waals surface area contributed by atoms with Crippen molar-refractivity contribution in [2.45, 2.75) is 32.7 Å². The van der Waals surface area contributed by atoms with Gasteiger partial charge in [0.2, 0.25) is 0 Å². The molecule has 3 saturated heterocycles. The van der Waals surface area contributed by atoms with Gasteiger partial charge in [0.15, 0.2) is 5.96 Å². The number of guanidine groups is 1. The number of hydrogen-bond acceptors (Lipinski definition) is 4. The lowest BCUT2D eigenvalue weighted by molar-refractivity contribution is 0.0896. The Balaban J connectivity index is 1.54. The Morgan fingerprint density at radius 2 is 1.92 bits per heavy atom. The normalized spacial score (nSPS) is 30.6. The maximum absolute atomic E-state index is 5.66. The SMILES string of the molecule is CN=C(NCC(C(C)C)N1CCN(C)CC1)N1CCC2(CCOC2)C1. The highest BCUT2D eigenvalue weighted by Gasteiger charge is 2.42. The van der Waals surface area contributed by atoms with Gasteiger partial charge in [0.1, 0.15) is 0 Å². The number of nitrogens with zero attached hydrogens (tertiary/aromatic N) is 4. The van der Waals surface area contributed by atoms with E-state index in [0.29, 0.717) is 17.4 Å². The second kappa shape index (κ2) is 8.23. The van der Waals surface area contributed by atoms with Crippen LogP contribution in [-0.2, 0) is 4.74 Å². The van der Waals surface area contributed by atoms with Gasteiger partial charge in [0.05, 0.1) is 6.61 Å². The van der Waals surface area contributed by atoms with Gasteiger partial charge in [-0.3, -0.25) is 9.89 Å². The predicted molar refractivity (Wildman–Crippen MR) is 103 cm³/mol. The van der Waals surface area contributed by atoms with Crippen molar-refractivity contribution in [2.75, 3.05) is 73.1 Å². The van der Waals surface area contributed by atoms with Gasteiger partial charge in [-0.15, -0.1) is 0 Å². The Labute approximate surface area is 153 Å². The summed E-state index contributed by atoms with van der Waals surface area (Å²) in [6.07, 6.45) is 2.44. The molecule has 144 valence electrons. The molecular formula is C19H37N5O. The van der Waals surface area contributed by atoms with Crippen molar-refractivity contribution in [2.24, 2.45) is 16.3 Å². The summed E-state index contributed by atoms with van der Waals surface area (Å²) >= 11 is 0. The summed E-state index contributed by atoms with van der Waals surface area (Å²) in [4.78, 5) is 12.1. The van der Waals surface area contributed by atoms with Crippen LogP contribution in [-0.4, -0.2) is 99.8 Å². The molecule has 0 bridgehead atoms. The van der Waals surface area contributed by atoms with E-state index in [9.17, 15) is 0 Å². The highest BCUT2D eigenvalue weighted by molar-refractivity contribution is 5.80. The van der Waals surface area contributed by atoms with Crippen molar-refractivity contribution in [1.82, 2.24) is 20.0 Å². The van der Waals surface area contributed by atoms with Crippen molar-refractivity contribution in [3.05, 3.63) is 0 Å². The highest BCUT2D eigenvalue weighted by atomic mass is 16.5. The van der Waals surface area contributed by atoms with E-state index in [4.69, 9.17) is 4.74 Å². The van der Waals surface area contributed by atoms with Crippen LogP contribution in [0.15, 0.2) is 4.99 Å². The fraction of sp³-hybridized carbons (Fsp3) is 0.947. The zero-order valence-corrected chi connectivity index (χ0v) is 16.6. The lowest BCUT2D eigenvalue weighted by Crippen LogP contribution is -2.55. The standard InChI is InChI=1S/C19H37N5O/c1-16(2)17(23-10-8-22(4)9-11-23)13-21-18(20-3)24-7-5-19(14-24)6-12-25-15-19/h16-17H,5-15H2,1-4H3,(H,20,21). The summed E-state index contributed by atoms with van der Waals surface area (Å²) < 4.78 is 5.66. The topological polar surface area (TPSA) is 43.3 Å². The first-order chi connectivity index (χ1) is 12.0. The zero-order chi connectivity index (χ0) is 17.9. The van der Waals surface area contributed by atoms with Gasteiger partial charge in [0.25, 0.3) is 0 Å². The van der Waals surface area contributed by atoms with Crippen LogP contribution < -0.4 is 5.32 Å². The zero-order valence-electron chi connectivity index (χ0n) is 16.6. The highest BCUT2D eigenvalue weighted by Crippen LogP contribution is 2.38. The molecular weight excluding hydrogens is 314 g/mol. The van der Waals surface area contributed by atoms with Crippen LogP contribution in [0.25, 0.3) is 0 Å². The van der Waals surface area contributed by atoms with Crippen LogP contribution in [0.4, 0.5) is 0 Å². The number of aliphatic imine (C=N–C) groups is 1. The summed E-state index contributed by atoms with van der Waals surface area (Å²) in [5.41, 5.74) is 0.381. The van der Waals surface area contributed by atoms with E-state index in [2.05, 4.69) is 45.9 Å². The maximum atomic E-state index is 5.66. The Morgan fingerprint density at radius 1 is 1.16 bits per heavy atom. The number of hydrogen-bond donors (Lipinski definition) is 1. The maximum Gasteiger partial charge on any atom is 0.193 e. The smallest absolute Gasteiger partial charge is 0.193 e. The molecule has 3 heterocycles. The van der Waals surface area contributed by atoms with Crippen molar-refractivity contribution in [3.8, 4) is 0 Å². The molecule has 0 amide bonds. The van der Waals surface area contributed by atoms with Crippen LogP contribution in [0, 0.1) is 11.3 Å². The summed E-state index contributed by atoms with van der Waals surface area (Å²) in [5.74, 6) is 1.71. The first-order valence-corrected chi connectivity index (χ1v) is 9.99. The van der Waals surface area contributed by atoms with Crippen LogP contribution in [0.5, 0.6) is 0 Å². The number of rotatable bonds is 4. The molecule has 0 aliphatic carbocycles. The van der Waals surface area contributed by atoms with Crippen LogP contribution in [0.3, 0.4) is 0 Å². The number of ether oxygens (including phenoxy) is 1. The molecule has 3 aliphatic heterocycles. The van der Waals surface area contributed by atoms with Crippen molar-refractivity contribution in [3.63, 3.8) is 0 Å². The lowest BCUT2D eigenvalue weighted by Gasteiger charge is -2.40. The van der Waals surface area contributed by atoms with E-state index in [1.807, 2.05) is 7.05 Å². The van der Waals surface area contributed by atoms with Crippen molar-refractivity contribution >= 4 is 5.96 Å². The average molecular weight is 352 g/mol. The lowest BCUT2D eigenvalue weighted by atomic mass is 9.87. The number of likely N-dealkylation sites (N-methyl/N-ethyl adjacent to an activating group) is 1. The van der Waals surface area contributed by atoms with Gasteiger partial charge in [-0.25, -0.2) is 0 Å². The van der Waals surface area contributed by atoms with Crippen LogP contribution in [0.1, 0.15) is 26.7 Å². The molecule has 2 unspecified atom stereocenters. The Bertz CT molecular complexity index is 453. The molecule has 0 aromatic carbocycles. The minimum Gasteiger partial charge on any atom is -0.381 e. The summed E-state index contributed by atoms with van der Waals surface area (Å²) in [5, 5.41) is 3.69. The molecule has 25 heavy (non-hydrogen) atoms. The van der Waals surface area contributed by atoms with Gasteiger partial charge < -0.3 is 19.9 Å². The molecule has 3 rings (SSSR count). The van der Waals surface area contributed by atoms with E-state index >= 15 is 0 Å². The quantitative estimate of drug-likeness (QED) is 0.603. The third-order valence-corrected chi connectivity index (χ3v) is 6.38. The first kappa shape index (κ1) is 18.9. The molecule has 0 saturated carbocycles. The van der Waals surface area contributed by atoms with Gasteiger partial charge in [-0.2, -0.15) is 0 Å². The molecule has 1 N–H and O–H groups in total. The molecule has 0 aromatic heterocycles. The van der Waals surface area contributed by atoms with E-state index in [1.54, 1.807) is 0 Å². The Morgan fingerprint density at radius 3 is 2.52 bits per heavy atom. The van der Waals surface area contributed by atoms with Gasteiger partial charge in [-0.1, -0.05) is 13.8 Å². The van der Waals surface area contributed by atoms with E-state index < -0.39 is 0 Å². The van der Waals surface area contributed by atoms with Crippen LogP contribution >= 0.6 is 0 Å². The molecule has 3 aliphatic rings.